The standard InChI is InChI=1S/C22H20N6O5S2/c1-34(29,30)19-12-33-22(27-19)18-11-25-21-17(5-6-24-21)20(18)26-14-8-15(9-14)28-35(31,32)16-4-2-3-13(7-16)10-23/h2-7,11-12,14-15,28H,8-9H2,1H3,(H2,24,25,26)/t14-,15+. The van der Waals surface area contributed by atoms with E-state index in [2.05, 4.69) is 25.0 Å². The second-order valence-electron chi connectivity index (χ2n) is 8.32. The van der Waals surface area contributed by atoms with Crippen molar-refractivity contribution in [3.8, 4) is 17.5 Å². The van der Waals surface area contributed by atoms with Crippen molar-refractivity contribution in [2.24, 2.45) is 0 Å². The van der Waals surface area contributed by atoms with E-state index in [9.17, 15) is 16.8 Å². The Bertz CT molecular complexity index is 1680. The van der Waals surface area contributed by atoms with Gasteiger partial charge in [0.15, 0.2) is 14.9 Å². The number of fused-ring (bicyclic) bond motifs is 1. The van der Waals surface area contributed by atoms with Crippen LogP contribution in [-0.4, -0.2) is 50.1 Å². The second kappa shape index (κ2) is 8.49. The molecule has 0 radical (unpaired) electrons. The molecule has 5 rings (SSSR count). The summed E-state index contributed by atoms with van der Waals surface area (Å²) in [5.74, 6) is 0.109. The Morgan fingerprint density at radius 1 is 1.17 bits per heavy atom. The Hall–Kier alpha value is -3.73. The number of pyridine rings is 1. The zero-order chi connectivity index (χ0) is 24.8. The van der Waals surface area contributed by atoms with Crippen molar-refractivity contribution in [2.75, 3.05) is 11.6 Å². The number of nitrogens with one attached hydrogen (secondary N) is 3. The molecule has 4 aromatic rings. The highest BCUT2D eigenvalue weighted by Gasteiger charge is 2.34. The lowest BCUT2D eigenvalue weighted by Crippen LogP contribution is -2.49. The molecule has 3 N–H and O–H groups in total. The third-order valence-corrected chi connectivity index (χ3v) is 8.23. The smallest absolute Gasteiger partial charge is 0.240 e. The summed E-state index contributed by atoms with van der Waals surface area (Å²) in [5.41, 5.74) is 2.04. The number of aromatic nitrogens is 3. The van der Waals surface area contributed by atoms with Crippen LogP contribution in [0.15, 0.2) is 63.3 Å². The number of nitriles is 1. The Kier molecular flexibility index (Phi) is 5.59. The fourth-order valence-electron chi connectivity index (χ4n) is 3.93. The molecule has 1 aliphatic carbocycles. The highest BCUT2D eigenvalue weighted by atomic mass is 32.2. The molecule has 1 saturated carbocycles. The van der Waals surface area contributed by atoms with Crippen molar-refractivity contribution in [1.29, 1.82) is 5.26 Å². The third kappa shape index (κ3) is 4.51. The number of sulfone groups is 1. The summed E-state index contributed by atoms with van der Waals surface area (Å²) in [4.78, 5) is 11.5. The highest BCUT2D eigenvalue weighted by Crippen LogP contribution is 2.36. The average molecular weight is 513 g/mol. The summed E-state index contributed by atoms with van der Waals surface area (Å²) in [6.07, 6.45) is 6.45. The van der Waals surface area contributed by atoms with E-state index < -0.39 is 19.9 Å². The van der Waals surface area contributed by atoms with Crippen molar-refractivity contribution in [2.45, 2.75) is 34.8 Å². The quantitative estimate of drug-likeness (QED) is 0.336. The maximum Gasteiger partial charge on any atom is 0.240 e. The Morgan fingerprint density at radius 2 is 1.97 bits per heavy atom. The number of sulfonamides is 1. The molecular weight excluding hydrogens is 492 g/mol. The van der Waals surface area contributed by atoms with Crippen molar-refractivity contribution in [3.05, 3.63) is 54.6 Å². The maximum absolute atomic E-state index is 12.7. The number of hydrogen-bond acceptors (Lipinski definition) is 9. The molecule has 0 bridgehead atoms. The van der Waals surface area contributed by atoms with Crippen molar-refractivity contribution < 1.29 is 21.3 Å². The van der Waals surface area contributed by atoms with Crippen LogP contribution in [0.25, 0.3) is 22.5 Å². The molecule has 35 heavy (non-hydrogen) atoms. The van der Waals surface area contributed by atoms with Crippen LogP contribution >= 0.6 is 0 Å². The van der Waals surface area contributed by atoms with Crippen LogP contribution in [-0.2, 0) is 19.9 Å². The summed E-state index contributed by atoms with van der Waals surface area (Å²) in [6, 6.07) is 9.29. The predicted octanol–water partition coefficient (Wildman–Crippen LogP) is 2.41. The van der Waals surface area contributed by atoms with Crippen LogP contribution in [0.2, 0.25) is 0 Å². The number of rotatable bonds is 7. The Balaban J connectivity index is 1.35. The second-order valence-corrected chi connectivity index (χ2v) is 12.0. The molecule has 0 atom stereocenters. The van der Waals surface area contributed by atoms with Gasteiger partial charge in [-0.15, -0.1) is 0 Å². The first-order valence-corrected chi connectivity index (χ1v) is 13.9. The zero-order valence-corrected chi connectivity index (χ0v) is 20.0. The largest absolute Gasteiger partial charge is 0.443 e. The minimum absolute atomic E-state index is 0.0454. The molecule has 3 heterocycles. The number of oxazole rings is 1. The minimum Gasteiger partial charge on any atom is -0.443 e. The van der Waals surface area contributed by atoms with E-state index >= 15 is 0 Å². The number of anilines is 1. The van der Waals surface area contributed by atoms with Crippen LogP contribution in [0, 0.1) is 11.3 Å². The van der Waals surface area contributed by atoms with Crippen molar-refractivity contribution in [3.63, 3.8) is 0 Å². The van der Waals surface area contributed by atoms with Gasteiger partial charge in [0.05, 0.1) is 27.8 Å². The monoisotopic (exact) mass is 512 g/mol. The van der Waals surface area contributed by atoms with E-state index in [1.807, 2.05) is 12.1 Å². The van der Waals surface area contributed by atoms with E-state index in [0.717, 1.165) is 17.9 Å². The predicted molar refractivity (Wildman–Crippen MR) is 127 cm³/mol. The van der Waals surface area contributed by atoms with Crippen LogP contribution in [0.4, 0.5) is 5.69 Å². The minimum atomic E-state index is -3.76. The fraction of sp³-hybridized carbons (Fsp3) is 0.227. The molecule has 1 fully saturated rings. The molecule has 0 aliphatic heterocycles. The van der Waals surface area contributed by atoms with Gasteiger partial charge in [0, 0.05) is 36.1 Å². The number of benzene rings is 1. The third-order valence-electron chi connectivity index (χ3n) is 5.76. The summed E-state index contributed by atoms with van der Waals surface area (Å²) in [5, 5.41) is 13.0. The van der Waals surface area contributed by atoms with E-state index in [1.54, 1.807) is 18.5 Å². The summed E-state index contributed by atoms with van der Waals surface area (Å²) in [6.45, 7) is 0. The van der Waals surface area contributed by atoms with E-state index in [4.69, 9.17) is 9.68 Å². The van der Waals surface area contributed by atoms with Gasteiger partial charge in [0.25, 0.3) is 0 Å². The fourth-order valence-corrected chi connectivity index (χ4v) is 5.71. The molecule has 1 aromatic carbocycles. The summed E-state index contributed by atoms with van der Waals surface area (Å²) < 4.78 is 57.2. The number of H-pyrrole nitrogens is 1. The lowest BCUT2D eigenvalue weighted by molar-refractivity contribution is 0.346. The van der Waals surface area contributed by atoms with Crippen molar-refractivity contribution in [1.82, 2.24) is 19.7 Å². The lowest BCUT2D eigenvalue weighted by Gasteiger charge is -2.37. The average Bonchev–Trinajstić information content (AvgIpc) is 3.47. The van der Waals surface area contributed by atoms with Crippen LogP contribution in [0.1, 0.15) is 18.4 Å². The molecule has 180 valence electrons. The van der Waals surface area contributed by atoms with E-state index in [-0.39, 0.29) is 33.5 Å². The maximum atomic E-state index is 12.7. The highest BCUT2D eigenvalue weighted by molar-refractivity contribution is 7.90. The number of hydrogen-bond donors (Lipinski definition) is 3. The summed E-state index contributed by atoms with van der Waals surface area (Å²) >= 11 is 0. The van der Waals surface area contributed by atoms with Crippen LogP contribution in [0.3, 0.4) is 0 Å². The first-order valence-electron chi connectivity index (χ1n) is 10.5. The number of nitrogens with zero attached hydrogens (tertiary/aromatic N) is 3. The van der Waals surface area contributed by atoms with Gasteiger partial charge in [-0.05, 0) is 37.1 Å². The summed E-state index contributed by atoms with van der Waals surface area (Å²) in [7, 11) is -7.30. The SMILES string of the molecule is CS(=O)(=O)c1coc(-c2cnc3[nH]ccc3c2N[C@H]2C[C@@H](NS(=O)(=O)c3cccc(C#N)c3)C2)n1. The van der Waals surface area contributed by atoms with Gasteiger partial charge in [-0.25, -0.2) is 26.5 Å². The van der Waals surface area contributed by atoms with Crippen molar-refractivity contribution >= 4 is 36.6 Å². The lowest BCUT2D eigenvalue weighted by atomic mass is 9.87. The van der Waals surface area contributed by atoms with Gasteiger partial charge in [0.2, 0.25) is 15.9 Å². The van der Waals surface area contributed by atoms with Gasteiger partial charge >= 0.3 is 0 Å². The van der Waals surface area contributed by atoms with Gasteiger partial charge < -0.3 is 14.7 Å². The molecule has 3 aromatic heterocycles. The number of aromatic amines is 1. The Morgan fingerprint density at radius 3 is 2.69 bits per heavy atom. The van der Waals surface area contributed by atoms with E-state index in [1.165, 1.54) is 18.2 Å². The van der Waals surface area contributed by atoms with Crippen LogP contribution < -0.4 is 10.0 Å². The van der Waals surface area contributed by atoms with Gasteiger partial charge in [-0.1, -0.05) is 6.07 Å². The molecule has 0 unspecified atom stereocenters. The van der Waals surface area contributed by atoms with Gasteiger partial charge in [0.1, 0.15) is 11.9 Å². The molecule has 0 spiro atoms. The molecule has 0 saturated heterocycles. The first-order chi connectivity index (χ1) is 16.6. The van der Waals surface area contributed by atoms with Crippen LogP contribution in [0.5, 0.6) is 0 Å². The topological polar surface area (TPSA) is 171 Å². The van der Waals surface area contributed by atoms with E-state index in [0.29, 0.717) is 29.7 Å². The first kappa shape index (κ1) is 23.0. The molecule has 11 nitrogen and oxygen atoms in total. The van der Waals surface area contributed by atoms with Gasteiger partial charge in [-0.3, -0.25) is 0 Å². The van der Waals surface area contributed by atoms with Gasteiger partial charge in [-0.2, -0.15) is 10.2 Å². The molecule has 13 heteroatoms. The zero-order valence-electron chi connectivity index (χ0n) is 18.4. The molecular formula is C22H20N6O5S2. The molecule has 1 aliphatic rings. The normalized spacial score (nSPS) is 18.2. The molecule has 0 amide bonds. The Labute approximate surface area is 201 Å².